The molecule has 1 heterocycles. The summed E-state index contributed by atoms with van der Waals surface area (Å²) in [5, 5.41) is 0. The summed E-state index contributed by atoms with van der Waals surface area (Å²) in [7, 11) is -3.65. The van der Waals surface area contributed by atoms with E-state index in [9.17, 15) is 8.42 Å². The van der Waals surface area contributed by atoms with Crippen LogP contribution < -0.4 is 9.46 Å². The van der Waals surface area contributed by atoms with Gasteiger partial charge in [0, 0.05) is 12.0 Å². The summed E-state index contributed by atoms with van der Waals surface area (Å²) >= 11 is 0. The van der Waals surface area contributed by atoms with Gasteiger partial charge in [-0.15, -0.1) is 0 Å². The van der Waals surface area contributed by atoms with Gasteiger partial charge in [0.05, 0.1) is 10.9 Å². The maximum absolute atomic E-state index is 13.3. The predicted molar refractivity (Wildman–Crippen MR) is 109 cm³/mol. The Kier molecular flexibility index (Phi) is 5.37. The van der Waals surface area contributed by atoms with Gasteiger partial charge in [-0.1, -0.05) is 49.7 Å². The Morgan fingerprint density at radius 2 is 1.67 bits per heavy atom. The number of nitrogens with one attached hydrogen (secondary N) is 1. The van der Waals surface area contributed by atoms with E-state index >= 15 is 0 Å². The van der Waals surface area contributed by atoms with Crippen LogP contribution in [0.25, 0.3) is 0 Å². The van der Waals surface area contributed by atoms with E-state index in [0.717, 1.165) is 40.8 Å². The Morgan fingerprint density at radius 1 is 1.07 bits per heavy atom. The van der Waals surface area contributed by atoms with Crippen molar-refractivity contribution < 1.29 is 13.2 Å². The second-order valence-electron chi connectivity index (χ2n) is 7.64. The average molecular weight is 388 g/mol. The number of para-hydroxylation sites is 1. The molecule has 3 rings (SSSR count). The minimum atomic E-state index is -3.65. The van der Waals surface area contributed by atoms with Crippen molar-refractivity contribution in [2.24, 2.45) is 0 Å². The third kappa shape index (κ3) is 3.76. The molecule has 5 heteroatoms. The fourth-order valence-electron chi connectivity index (χ4n) is 4.24. The highest BCUT2D eigenvalue weighted by Gasteiger charge is 2.40. The minimum Gasteiger partial charge on any atom is -0.487 e. The Morgan fingerprint density at radius 3 is 2.26 bits per heavy atom. The second-order valence-corrected chi connectivity index (χ2v) is 9.29. The van der Waals surface area contributed by atoms with Crippen LogP contribution in [0.1, 0.15) is 61.4 Å². The fraction of sp³-hybridized carbons (Fsp3) is 0.455. The van der Waals surface area contributed by atoms with Gasteiger partial charge < -0.3 is 4.74 Å². The minimum absolute atomic E-state index is 0.306. The first-order valence-electron chi connectivity index (χ1n) is 9.59. The van der Waals surface area contributed by atoms with Crippen molar-refractivity contribution in [3.05, 3.63) is 58.7 Å². The predicted octanol–water partition coefficient (Wildman–Crippen LogP) is 4.97. The number of aryl methyl sites for hydroxylation is 3. The van der Waals surface area contributed by atoms with Crippen molar-refractivity contribution in [1.82, 2.24) is 4.72 Å². The molecule has 4 nitrogen and oxygen atoms in total. The summed E-state index contributed by atoms with van der Waals surface area (Å²) in [5.41, 5.74) is 3.17. The Balaban J connectivity index is 2.03. The van der Waals surface area contributed by atoms with Crippen LogP contribution >= 0.6 is 0 Å². The lowest BCUT2D eigenvalue weighted by Gasteiger charge is -2.41. The Labute approximate surface area is 163 Å². The van der Waals surface area contributed by atoms with Crippen molar-refractivity contribution in [2.75, 3.05) is 0 Å². The number of hydrogen-bond acceptors (Lipinski definition) is 3. The van der Waals surface area contributed by atoms with E-state index in [0.29, 0.717) is 11.3 Å². The quantitative estimate of drug-likeness (QED) is 0.788. The molecule has 2 aromatic carbocycles. The molecule has 27 heavy (non-hydrogen) atoms. The van der Waals surface area contributed by atoms with Crippen LogP contribution in [0.15, 0.2) is 41.3 Å². The summed E-state index contributed by atoms with van der Waals surface area (Å²) < 4.78 is 35.9. The zero-order valence-corrected chi connectivity index (χ0v) is 17.6. The molecule has 0 spiro atoms. The van der Waals surface area contributed by atoms with E-state index < -0.39 is 10.0 Å². The summed E-state index contributed by atoms with van der Waals surface area (Å²) in [5.74, 6) is 0.775. The molecular weight excluding hydrogens is 358 g/mol. The summed E-state index contributed by atoms with van der Waals surface area (Å²) in [6.07, 6.45) is 2.29. The van der Waals surface area contributed by atoms with Gasteiger partial charge in [-0.3, -0.25) is 0 Å². The maximum atomic E-state index is 13.3. The van der Waals surface area contributed by atoms with Gasteiger partial charge in [0.25, 0.3) is 0 Å². The first-order chi connectivity index (χ1) is 12.7. The summed E-state index contributed by atoms with van der Waals surface area (Å²) in [6, 6.07) is 11.3. The van der Waals surface area contributed by atoms with Gasteiger partial charge in [-0.05, 0) is 50.8 Å². The zero-order valence-electron chi connectivity index (χ0n) is 16.8. The number of fused-ring (bicyclic) bond motifs is 1. The molecule has 0 aromatic heterocycles. The van der Waals surface area contributed by atoms with E-state index in [4.69, 9.17) is 4.74 Å². The normalized spacial score (nSPS) is 18.6. The highest BCUT2D eigenvalue weighted by Crippen LogP contribution is 2.43. The molecule has 0 fully saturated rings. The molecule has 1 aliphatic heterocycles. The topological polar surface area (TPSA) is 55.4 Å². The lowest BCUT2D eigenvalue weighted by molar-refractivity contribution is 0.0260. The van der Waals surface area contributed by atoms with Crippen LogP contribution in [0, 0.1) is 20.8 Å². The zero-order chi connectivity index (χ0) is 19.8. The summed E-state index contributed by atoms with van der Waals surface area (Å²) in [6.45, 7) is 9.88. The first-order valence-corrected chi connectivity index (χ1v) is 11.1. The molecule has 0 saturated heterocycles. The number of sulfonamides is 1. The summed E-state index contributed by atoms with van der Waals surface area (Å²) in [4.78, 5) is 0.385. The van der Waals surface area contributed by atoms with Gasteiger partial charge >= 0.3 is 0 Å². The molecule has 0 aliphatic carbocycles. The number of ether oxygens (including phenoxy) is 1. The van der Waals surface area contributed by atoms with Gasteiger partial charge in [0.1, 0.15) is 11.4 Å². The average Bonchev–Trinajstić information content (AvgIpc) is 2.60. The van der Waals surface area contributed by atoms with E-state index in [2.05, 4.69) is 18.6 Å². The van der Waals surface area contributed by atoms with Crippen LogP contribution in [0.2, 0.25) is 0 Å². The molecule has 146 valence electrons. The fourth-order valence-corrected chi connectivity index (χ4v) is 5.91. The van der Waals surface area contributed by atoms with Gasteiger partial charge in [0.15, 0.2) is 0 Å². The lowest BCUT2D eigenvalue weighted by Crippen LogP contribution is -2.44. The highest BCUT2D eigenvalue weighted by atomic mass is 32.2. The van der Waals surface area contributed by atoms with E-state index in [1.54, 1.807) is 0 Å². The van der Waals surface area contributed by atoms with Crippen LogP contribution in [0.3, 0.4) is 0 Å². The van der Waals surface area contributed by atoms with Gasteiger partial charge in [-0.2, -0.15) is 0 Å². The lowest BCUT2D eigenvalue weighted by atomic mass is 9.84. The van der Waals surface area contributed by atoms with Crippen molar-refractivity contribution >= 4 is 10.0 Å². The molecule has 0 radical (unpaired) electrons. The second kappa shape index (κ2) is 7.28. The third-order valence-corrected chi connectivity index (χ3v) is 7.43. The molecule has 0 unspecified atom stereocenters. The molecule has 1 aliphatic rings. The molecule has 0 bridgehead atoms. The highest BCUT2D eigenvalue weighted by molar-refractivity contribution is 7.89. The van der Waals surface area contributed by atoms with Crippen molar-refractivity contribution in [3.63, 3.8) is 0 Å². The van der Waals surface area contributed by atoms with Gasteiger partial charge in [-0.25, -0.2) is 13.1 Å². The van der Waals surface area contributed by atoms with Crippen molar-refractivity contribution in [3.8, 4) is 5.75 Å². The van der Waals surface area contributed by atoms with Crippen molar-refractivity contribution in [1.29, 1.82) is 0 Å². The van der Waals surface area contributed by atoms with Gasteiger partial charge in [0.2, 0.25) is 10.0 Å². The molecule has 1 N–H and O–H groups in total. The monoisotopic (exact) mass is 387 g/mol. The van der Waals surface area contributed by atoms with Crippen LogP contribution in [-0.4, -0.2) is 14.0 Å². The molecule has 0 saturated carbocycles. The molecular formula is C22H29NO3S. The largest absolute Gasteiger partial charge is 0.487 e. The van der Waals surface area contributed by atoms with Crippen LogP contribution in [-0.2, 0) is 10.0 Å². The van der Waals surface area contributed by atoms with Crippen molar-refractivity contribution in [2.45, 2.75) is 70.4 Å². The maximum Gasteiger partial charge on any atom is 0.241 e. The smallest absolute Gasteiger partial charge is 0.241 e. The number of rotatable bonds is 5. The number of benzene rings is 2. The standard InChI is InChI=1S/C22H29NO3S/c1-6-22(7-2)14-19(18-10-8-9-11-20(18)26-22)23-27(24,25)21-16(4)12-15(3)13-17(21)5/h8-13,19,23H,6-7,14H2,1-5H3/t19-/m0/s1. The van der Waals surface area contributed by atoms with Crippen LogP contribution in [0.4, 0.5) is 0 Å². The van der Waals surface area contributed by atoms with E-state index in [1.165, 1.54) is 0 Å². The Hall–Kier alpha value is -1.85. The van der Waals surface area contributed by atoms with E-state index in [-0.39, 0.29) is 11.6 Å². The third-order valence-electron chi connectivity index (χ3n) is 5.66. The molecule has 1 atom stereocenters. The van der Waals surface area contributed by atoms with Crippen LogP contribution in [0.5, 0.6) is 5.75 Å². The Bertz CT molecular complexity index is 923. The SMILES string of the molecule is CCC1(CC)C[C@H](NS(=O)(=O)c2c(C)cc(C)cc2C)c2ccccc2O1. The molecule has 0 amide bonds. The molecule has 2 aromatic rings. The first kappa shape index (κ1) is 19.9. The van der Waals surface area contributed by atoms with E-state index in [1.807, 2.05) is 57.2 Å². The number of hydrogen-bond donors (Lipinski definition) is 1.